The van der Waals surface area contributed by atoms with E-state index in [9.17, 15) is 9.59 Å². The van der Waals surface area contributed by atoms with Crippen molar-refractivity contribution in [2.45, 2.75) is 58.9 Å². The van der Waals surface area contributed by atoms with Crippen LogP contribution < -0.4 is 5.32 Å². The summed E-state index contributed by atoms with van der Waals surface area (Å²) in [5, 5.41) is 3.13. The Morgan fingerprint density at radius 2 is 1.96 bits per heavy atom. The third kappa shape index (κ3) is 5.39. The van der Waals surface area contributed by atoms with Crippen LogP contribution in [0, 0.1) is 11.8 Å². The van der Waals surface area contributed by atoms with Crippen molar-refractivity contribution in [3.05, 3.63) is 24.2 Å². The first-order valence-electron chi connectivity index (χ1n) is 9.10. The molecule has 0 radical (unpaired) electrons. The zero-order valence-corrected chi connectivity index (χ0v) is 15.1. The average molecular weight is 334 g/mol. The molecule has 2 rings (SSSR count). The summed E-state index contributed by atoms with van der Waals surface area (Å²) in [6, 6.07) is 3.62. The van der Waals surface area contributed by atoms with E-state index in [1.807, 2.05) is 0 Å². The Morgan fingerprint density at radius 1 is 1.25 bits per heavy atom. The summed E-state index contributed by atoms with van der Waals surface area (Å²) in [5.41, 5.74) is 0. The van der Waals surface area contributed by atoms with E-state index < -0.39 is 0 Å². The smallest absolute Gasteiger partial charge is 0.289 e. The van der Waals surface area contributed by atoms with Crippen LogP contribution in [0.5, 0.6) is 0 Å². The predicted octanol–water partition coefficient (Wildman–Crippen LogP) is 3.46. The Labute approximate surface area is 144 Å². The Hall–Kier alpha value is -1.78. The van der Waals surface area contributed by atoms with Gasteiger partial charge in [-0.2, -0.15) is 0 Å². The lowest BCUT2D eigenvalue weighted by atomic mass is 9.95. The van der Waals surface area contributed by atoms with Crippen LogP contribution >= 0.6 is 0 Å². The monoisotopic (exact) mass is 334 g/mol. The molecule has 1 fully saturated rings. The van der Waals surface area contributed by atoms with E-state index in [0.29, 0.717) is 24.8 Å². The van der Waals surface area contributed by atoms with Crippen LogP contribution in [-0.2, 0) is 4.79 Å². The first kappa shape index (κ1) is 18.6. The van der Waals surface area contributed by atoms with Crippen molar-refractivity contribution in [2.24, 2.45) is 11.8 Å². The number of carbonyl (C=O) groups excluding carboxylic acids is 2. The van der Waals surface area contributed by atoms with Crippen LogP contribution in [0.2, 0.25) is 0 Å². The highest BCUT2D eigenvalue weighted by Crippen LogP contribution is 2.20. The molecule has 2 amide bonds. The minimum Gasteiger partial charge on any atom is -0.459 e. The number of piperidine rings is 1. The molecule has 0 bridgehead atoms. The van der Waals surface area contributed by atoms with Crippen LogP contribution in [0.3, 0.4) is 0 Å². The molecule has 5 nitrogen and oxygen atoms in total. The topological polar surface area (TPSA) is 62.6 Å². The molecule has 5 heteroatoms. The van der Waals surface area contributed by atoms with E-state index in [1.54, 1.807) is 17.0 Å². The SMILES string of the molecule is CC(C)CCCC(C)NC(=O)C1CCN(C(=O)c2ccco2)CC1. The van der Waals surface area contributed by atoms with E-state index in [4.69, 9.17) is 4.42 Å². The van der Waals surface area contributed by atoms with Crippen LogP contribution in [0.4, 0.5) is 0 Å². The lowest BCUT2D eigenvalue weighted by molar-refractivity contribution is -0.126. The van der Waals surface area contributed by atoms with Gasteiger partial charge in [-0.05, 0) is 44.2 Å². The van der Waals surface area contributed by atoms with Crippen LogP contribution in [0.1, 0.15) is 63.4 Å². The number of hydrogen-bond acceptors (Lipinski definition) is 3. The number of furan rings is 1. The molecule has 1 aromatic rings. The lowest BCUT2D eigenvalue weighted by Crippen LogP contribution is -2.44. The molecule has 0 saturated carbocycles. The van der Waals surface area contributed by atoms with Gasteiger partial charge in [0.2, 0.25) is 5.91 Å². The number of nitrogens with zero attached hydrogens (tertiary/aromatic N) is 1. The molecule has 24 heavy (non-hydrogen) atoms. The molecule has 0 aromatic carbocycles. The van der Waals surface area contributed by atoms with E-state index in [1.165, 1.54) is 12.7 Å². The first-order chi connectivity index (χ1) is 11.5. The van der Waals surface area contributed by atoms with E-state index >= 15 is 0 Å². The third-order valence-electron chi connectivity index (χ3n) is 4.69. The molecule has 1 unspecified atom stereocenters. The van der Waals surface area contributed by atoms with Crippen molar-refractivity contribution in [1.29, 1.82) is 0 Å². The minimum atomic E-state index is -0.0825. The molecular weight excluding hydrogens is 304 g/mol. The summed E-state index contributed by atoms with van der Waals surface area (Å²) < 4.78 is 5.16. The average Bonchev–Trinajstić information content (AvgIpc) is 3.08. The summed E-state index contributed by atoms with van der Waals surface area (Å²) in [6.45, 7) is 7.74. The van der Waals surface area contributed by atoms with Gasteiger partial charge in [-0.1, -0.05) is 26.7 Å². The molecule has 134 valence electrons. The summed E-state index contributed by atoms with van der Waals surface area (Å²) >= 11 is 0. The van der Waals surface area contributed by atoms with Gasteiger partial charge < -0.3 is 14.6 Å². The van der Waals surface area contributed by atoms with Crippen LogP contribution in [-0.4, -0.2) is 35.8 Å². The number of likely N-dealkylation sites (tertiary alicyclic amines) is 1. The zero-order chi connectivity index (χ0) is 17.5. The van der Waals surface area contributed by atoms with Gasteiger partial charge in [-0.3, -0.25) is 9.59 Å². The van der Waals surface area contributed by atoms with Gasteiger partial charge in [0.05, 0.1) is 6.26 Å². The molecular formula is C19H30N2O3. The fourth-order valence-corrected chi connectivity index (χ4v) is 3.17. The maximum atomic E-state index is 12.4. The van der Waals surface area contributed by atoms with Gasteiger partial charge in [-0.15, -0.1) is 0 Å². The summed E-state index contributed by atoms with van der Waals surface area (Å²) in [6.07, 6.45) is 6.32. The second-order valence-corrected chi connectivity index (χ2v) is 7.28. The van der Waals surface area contributed by atoms with E-state index in [2.05, 4.69) is 26.1 Å². The Morgan fingerprint density at radius 3 is 2.54 bits per heavy atom. The standard InChI is InChI=1S/C19H30N2O3/c1-14(2)6-4-7-15(3)20-18(22)16-9-11-21(12-10-16)19(23)17-8-5-13-24-17/h5,8,13-16H,4,6-7,9-12H2,1-3H3,(H,20,22). The van der Waals surface area contributed by atoms with Gasteiger partial charge in [0.1, 0.15) is 0 Å². The van der Waals surface area contributed by atoms with Crippen molar-refractivity contribution in [3.8, 4) is 0 Å². The van der Waals surface area contributed by atoms with E-state index in [0.717, 1.165) is 25.7 Å². The molecule has 0 spiro atoms. The van der Waals surface area contributed by atoms with Gasteiger partial charge >= 0.3 is 0 Å². The first-order valence-corrected chi connectivity index (χ1v) is 9.10. The summed E-state index contributed by atoms with van der Waals surface area (Å²) in [5.74, 6) is 1.15. The number of amides is 2. The molecule has 2 heterocycles. The second-order valence-electron chi connectivity index (χ2n) is 7.28. The van der Waals surface area contributed by atoms with Gasteiger partial charge in [0.15, 0.2) is 5.76 Å². The molecule has 1 aliphatic rings. The van der Waals surface area contributed by atoms with Gasteiger partial charge in [0, 0.05) is 25.0 Å². The highest BCUT2D eigenvalue weighted by atomic mass is 16.3. The van der Waals surface area contributed by atoms with Gasteiger partial charge in [0.25, 0.3) is 5.91 Å². The fraction of sp³-hybridized carbons (Fsp3) is 0.684. The number of hydrogen-bond donors (Lipinski definition) is 1. The van der Waals surface area contributed by atoms with Crippen LogP contribution in [0.25, 0.3) is 0 Å². The highest BCUT2D eigenvalue weighted by molar-refractivity contribution is 5.91. The molecule has 1 aliphatic heterocycles. The zero-order valence-electron chi connectivity index (χ0n) is 15.1. The maximum absolute atomic E-state index is 12.4. The van der Waals surface area contributed by atoms with Crippen molar-refractivity contribution in [3.63, 3.8) is 0 Å². The van der Waals surface area contributed by atoms with E-state index in [-0.39, 0.29) is 23.8 Å². The maximum Gasteiger partial charge on any atom is 0.289 e. The summed E-state index contributed by atoms with van der Waals surface area (Å²) in [7, 11) is 0. The van der Waals surface area contributed by atoms with Crippen molar-refractivity contribution in [2.75, 3.05) is 13.1 Å². The highest BCUT2D eigenvalue weighted by Gasteiger charge is 2.29. The van der Waals surface area contributed by atoms with Gasteiger partial charge in [-0.25, -0.2) is 0 Å². The normalized spacial score (nSPS) is 17.1. The van der Waals surface area contributed by atoms with Crippen molar-refractivity contribution in [1.82, 2.24) is 10.2 Å². The number of carbonyl (C=O) groups is 2. The molecule has 0 aliphatic carbocycles. The molecule has 1 N–H and O–H groups in total. The Kier molecular flexibility index (Phi) is 6.88. The largest absolute Gasteiger partial charge is 0.459 e. The number of rotatable bonds is 7. The predicted molar refractivity (Wildman–Crippen MR) is 93.6 cm³/mol. The molecule has 1 atom stereocenters. The van der Waals surface area contributed by atoms with Crippen LogP contribution in [0.15, 0.2) is 22.8 Å². The lowest BCUT2D eigenvalue weighted by Gasteiger charge is -2.31. The fourth-order valence-electron chi connectivity index (χ4n) is 3.17. The Bertz CT molecular complexity index is 517. The third-order valence-corrected chi connectivity index (χ3v) is 4.69. The van der Waals surface area contributed by atoms with Crippen molar-refractivity contribution < 1.29 is 14.0 Å². The second kappa shape index (κ2) is 8.90. The number of nitrogens with one attached hydrogen (secondary N) is 1. The molecule has 1 aromatic heterocycles. The molecule has 1 saturated heterocycles. The Balaban J connectivity index is 1.71. The van der Waals surface area contributed by atoms with Crippen molar-refractivity contribution >= 4 is 11.8 Å². The quantitative estimate of drug-likeness (QED) is 0.830. The minimum absolute atomic E-state index is 0.0122. The summed E-state index contributed by atoms with van der Waals surface area (Å²) in [4.78, 5) is 26.4.